The zero-order valence-corrected chi connectivity index (χ0v) is 47.4. The van der Waals surface area contributed by atoms with Crippen LogP contribution in [-0.4, -0.2) is 37.2 Å². The lowest BCUT2D eigenvalue weighted by Crippen LogP contribution is -2.30. The molecule has 0 aliphatic heterocycles. The van der Waals surface area contributed by atoms with Crippen molar-refractivity contribution in [3.63, 3.8) is 0 Å². The average Bonchev–Trinajstić information content (AvgIpc) is 3.39. The monoisotopic (exact) mass is 1010 g/mol. The van der Waals surface area contributed by atoms with Crippen LogP contribution in [0.15, 0.2) is 122 Å². The van der Waals surface area contributed by atoms with Crippen LogP contribution in [0.4, 0.5) is 0 Å². The molecule has 0 aliphatic carbocycles. The van der Waals surface area contributed by atoms with Gasteiger partial charge in [-0.05, 0) is 135 Å². The maximum absolute atomic E-state index is 12.9. The van der Waals surface area contributed by atoms with Crippen LogP contribution in [0.2, 0.25) is 0 Å². The fraction of sp³-hybridized carbons (Fsp3) is 0.657. The summed E-state index contributed by atoms with van der Waals surface area (Å²) in [4.78, 5) is 38.2. The van der Waals surface area contributed by atoms with Crippen LogP contribution >= 0.6 is 0 Å². The Morgan fingerprint density at radius 1 is 0.288 bits per heavy atom. The first-order valence-corrected chi connectivity index (χ1v) is 30.0. The van der Waals surface area contributed by atoms with Gasteiger partial charge in [0.1, 0.15) is 13.2 Å². The summed E-state index contributed by atoms with van der Waals surface area (Å²) < 4.78 is 16.8. The maximum Gasteiger partial charge on any atom is 0.306 e. The van der Waals surface area contributed by atoms with E-state index in [9.17, 15) is 14.4 Å². The molecule has 0 spiro atoms. The van der Waals surface area contributed by atoms with E-state index >= 15 is 0 Å². The predicted octanol–water partition coefficient (Wildman–Crippen LogP) is 20.4. The van der Waals surface area contributed by atoms with Crippen molar-refractivity contribution >= 4 is 17.9 Å². The lowest BCUT2D eigenvalue weighted by Gasteiger charge is -2.18. The molecule has 0 aromatic heterocycles. The second-order valence-corrected chi connectivity index (χ2v) is 19.5. The van der Waals surface area contributed by atoms with E-state index < -0.39 is 6.10 Å². The molecule has 0 amide bonds. The SMILES string of the molecule is CC/C=C\C/C=C\C/C=C\C/C=C\C/C=C\CCCCCC(=O)OC(COC(=O)CCCCCCC/C=C\C/C=C\CCCCC)COC(=O)CCCCCCCC/C=C\C/C=C\C/C=C\CCCCCCC. The molecule has 414 valence electrons. The van der Waals surface area contributed by atoms with Gasteiger partial charge in [-0.2, -0.15) is 0 Å². The molecule has 0 fully saturated rings. The molecule has 0 aliphatic rings. The quantitative estimate of drug-likeness (QED) is 0.0261. The highest BCUT2D eigenvalue weighted by molar-refractivity contribution is 5.71. The van der Waals surface area contributed by atoms with E-state index in [1.54, 1.807) is 0 Å². The molecular weight excluding hydrogens is 901 g/mol. The number of hydrogen-bond donors (Lipinski definition) is 0. The van der Waals surface area contributed by atoms with Gasteiger partial charge < -0.3 is 14.2 Å². The van der Waals surface area contributed by atoms with Crippen molar-refractivity contribution in [2.24, 2.45) is 0 Å². The molecule has 0 rings (SSSR count). The van der Waals surface area contributed by atoms with Crippen LogP contribution in [0.1, 0.15) is 265 Å². The van der Waals surface area contributed by atoms with Gasteiger partial charge in [-0.1, -0.05) is 232 Å². The van der Waals surface area contributed by atoms with Gasteiger partial charge in [-0.15, -0.1) is 0 Å². The van der Waals surface area contributed by atoms with Crippen molar-refractivity contribution in [3.8, 4) is 0 Å². The summed E-state index contributed by atoms with van der Waals surface area (Å²) in [6, 6.07) is 0. The number of esters is 3. The summed E-state index contributed by atoms with van der Waals surface area (Å²) in [5.74, 6) is -0.964. The Morgan fingerprint density at radius 3 is 0.877 bits per heavy atom. The molecule has 0 aromatic carbocycles. The zero-order chi connectivity index (χ0) is 52.9. The normalized spacial score (nSPS) is 13.0. The first-order chi connectivity index (χ1) is 36.0. The molecule has 0 aromatic rings. The Kier molecular flexibility index (Phi) is 56.9. The molecule has 6 heteroatoms. The minimum atomic E-state index is -0.812. The maximum atomic E-state index is 12.9. The van der Waals surface area contributed by atoms with E-state index in [0.29, 0.717) is 19.3 Å². The van der Waals surface area contributed by atoms with Crippen LogP contribution in [-0.2, 0) is 28.6 Å². The first-order valence-electron chi connectivity index (χ1n) is 30.0. The second kappa shape index (κ2) is 60.4. The van der Waals surface area contributed by atoms with Crippen LogP contribution in [0, 0.1) is 0 Å². The third kappa shape index (κ3) is 58.6. The van der Waals surface area contributed by atoms with E-state index in [0.717, 1.165) is 141 Å². The topological polar surface area (TPSA) is 78.9 Å². The van der Waals surface area contributed by atoms with Crippen LogP contribution in [0.5, 0.6) is 0 Å². The summed E-state index contributed by atoms with van der Waals surface area (Å²) in [5.41, 5.74) is 0. The summed E-state index contributed by atoms with van der Waals surface area (Å²) in [6.45, 7) is 6.44. The number of hydrogen-bond acceptors (Lipinski definition) is 6. The molecule has 0 saturated heterocycles. The fourth-order valence-corrected chi connectivity index (χ4v) is 7.92. The summed E-state index contributed by atoms with van der Waals surface area (Å²) in [5, 5.41) is 0. The molecule has 0 saturated carbocycles. The van der Waals surface area contributed by atoms with Gasteiger partial charge in [0.05, 0.1) is 0 Å². The van der Waals surface area contributed by atoms with E-state index in [-0.39, 0.29) is 37.5 Å². The summed E-state index contributed by atoms with van der Waals surface area (Å²) in [7, 11) is 0. The Morgan fingerprint density at radius 2 is 0.534 bits per heavy atom. The smallest absolute Gasteiger partial charge is 0.306 e. The van der Waals surface area contributed by atoms with Crippen molar-refractivity contribution in [1.29, 1.82) is 0 Å². The molecule has 1 atom stereocenters. The molecule has 0 radical (unpaired) electrons. The minimum absolute atomic E-state index is 0.106. The number of rotatable bonds is 53. The summed E-state index contributed by atoms with van der Waals surface area (Å²) >= 11 is 0. The largest absolute Gasteiger partial charge is 0.462 e. The third-order valence-electron chi connectivity index (χ3n) is 12.4. The second-order valence-electron chi connectivity index (χ2n) is 19.5. The highest BCUT2D eigenvalue weighted by Gasteiger charge is 2.19. The molecule has 1 unspecified atom stereocenters. The standard InChI is InChI=1S/C67H110O6/c1-4-7-10-13-16-19-22-25-28-30-32-33-35-36-39-42-45-48-51-54-57-60-66(69)72-63-64(62-71-65(68)59-56-53-50-47-44-41-38-27-24-21-18-15-12-9-6-3)73-67(70)61-58-55-52-49-46-43-40-37-34-31-29-26-23-20-17-14-11-8-5-2/h8,11,17-18,20-22,25-27,29-30,32,34-38,43,46,64H,4-7,9-10,12-16,19,23-24,28,31,33,39-42,44-45,47-63H2,1-3H3/b11-8-,20-17-,21-18-,25-22-,29-26-,32-30-,36-35-,37-34-,38-27-,46-43-. The molecule has 0 bridgehead atoms. The van der Waals surface area contributed by atoms with Crippen molar-refractivity contribution in [1.82, 2.24) is 0 Å². The number of unbranched alkanes of at least 4 members (excludes halogenated alkanes) is 22. The number of carbonyl (C=O) groups is 3. The van der Waals surface area contributed by atoms with Gasteiger partial charge >= 0.3 is 17.9 Å². The van der Waals surface area contributed by atoms with Gasteiger partial charge in [-0.25, -0.2) is 0 Å². The van der Waals surface area contributed by atoms with E-state index in [1.165, 1.54) is 77.0 Å². The van der Waals surface area contributed by atoms with Crippen molar-refractivity contribution in [2.75, 3.05) is 13.2 Å². The molecule has 73 heavy (non-hydrogen) atoms. The van der Waals surface area contributed by atoms with Crippen LogP contribution in [0.3, 0.4) is 0 Å². The molecule has 0 N–H and O–H groups in total. The Hall–Kier alpha value is -4.19. The predicted molar refractivity (Wildman–Crippen MR) is 316 cm³/mol. The minimum Gasteiger partial charge on any atom is -0.462 e. The van der Waals surface area contributed by atoms with Crippen LogP contribution in [0.25, 0.3) is 0 Å². The van der Waals surface area contributed by atoms with Gasteiger partial charge in [-0.3, -0.25) is 14.4 Å². The first kappa shape index (κ1) is 68.8. The highest BCUT2D eigenvalue weighted by Crippen LogP contribution is 2.13. The third-order valence-corrected chi connectivity index (χ3v) is 12.4. The Bertz CT molecular complexity index is 1540. The van der Waals surface area contributed by atoms with Crippen LogP contribution < -0.4 is 0 Å². The fourth-order valence-electron chi connectivity index (χ4n) is 7.92. The van der Waals surface area contributed by atoms with Gasteiger partial charge in [0.15, 0.2) is 6.10 Å². The molecular formula is C67H110O6. The Balaban J connectivity index is 4.50. The van der Waals surface area contributed by atoms with E-state index in [4.69, 9.17) is 14.2 Å². The van der Waals surface area contributed by atoms with E-state index in [2.05, 4.69) is 142 Å². The number of ether oxygens (including phenoxy) is 3. The summed E-state index contributed by atoms with van der Waals surface area (Å²) in [6.07, 6.45) is 83.3. The lowest BCUT2D eigenvalue weighted by molar-refractivity contribution is -0.167. The zero-order valence-electron chi connectivity index (χ0n) is 47.4. The van der Waals surface area contributed by atoms with Gasteiger partial charge in [0, 0.05) is 19.3 Å². The van der Waals surface area contributed by atoms with Crippen molar-refractivity contribution in [2.45, 2.75) is 271 Å². The average molecular weight is 1010 g/mol. The lowest BCUT2D eigenvalue weighted by atomic mass is 10.1. The van der Waals surface area contributed by atoms with Gasteiger partial charge in [0.2, 0.25) is 0 Å². The molecule has 6 nitrogen and oxygen atoms in total. The van der Waals surface area contributed by atoms with Gasteiger partial charge in [0.25, 0.3) is 0 Å². The highest BCUT2D eigenvalue weighted by atomic mass is 16.6. The van der Waals surface area contributed by atoms with Crippen molar-refractivity contribution < 1.29 is 28.6 Å². The molecule has 0 heterocycles. The van der Waals surface area contributed by atoms with E-state index in [1.807, 2.05) is 0 Å². The number of allylic oxidation sites excluding steroid dienone is 20. The number of carbonyl (C=O) groups excluding carboxylic acids is 3. The van der Waals surface area contributed by atoms with Crippen molar-refractivity contribution in [3.05, 3.63) is 122 Å². The Labute approximate surface area is 450 Å².